The number of benzene rings is 2. The molecular weight excluding hydrogens is 264 g/mol. The Kier molecular flexibility index (Phi) is 4.70. The van der Waals surface area contributed by atoms with Crippen LogP contribution in [0.4, 0.5) is 5.69 Å². The smallest absolute Gasteiger partial charge is 0.165 e. The van der Waals surface area contributed by atoms with E-state index in [4.69, 9.17) is 15.2 Å². The van der Waals surface area contributed by atoms with E-state index < -0.39 is 0 Å². The lowest BCUT2D eigenvalue weighted by Gasteiger charge is -2.19. The van der Waals surface area contributed by atoms with Crippen molar-refractivity contribution in [2.45, 2.75) is 6.54 Å². The van der Waals surface area contributed by atoms with Gasteiger partial charge in [-0.15, -0.1) is 0 Å². The summed E-state index contributed by atoms with van der Waals surface area (Å²) < 4.78 is 10.9. The molecule has 0 bridgehead atoms. The molecule has 0 aliphatic rings. The lowest BCUT2D eigenvalue weighted by Crippen LogP contribution is -2.10. The Morgan fingerprint density at radius 1 is 1.05 bits per heavy atom. The number of anilines is 1. The van der Waals surface area contributed by atoms with Gasteiger partial charge in [-0.3, -0.25) is 0 Å². The number of methoxy groups -OCH3 is 2. The summed E-state index contributed by atoms with van der Waals surface area (Å²) in [4.78, 5) is 2.09. The van der Waals surface area contributed by atoms with Crippen LogP contribution < -0.4 is 20.1 Å². The van der Waals surface area contributed by atoms with Gasteiger partial charge in [-0.1, -0.05) is 18.2 Å². The van der Waals surface area contributed by atoms with E-state index >= 15 is 0 Å². The zero-order chi connectivity index (χ0) is 15.4. The zero-order valence-electron chi connectivity index (χ0n) is 13.0. The molecular formula is C17H22N2O2. The van der Waals surface area contributed by atoms with Crippen LogP contribution in [0.3, 0.4) is 0 Å². The molecule has 112 valence electrons. The molecule has 2 aromatic rings. The normalized spacial score (nSPS) is 10.3. The Morgan fingerprint density at radius 3 is 2.33 bits per heavy atom. The quantitative estimate of drug-likeness (QED) is 0.918. The topological polar surface area (TPSA) is 47.7 Å². The molecule has 0 fully saturated rings. The molecule has 0 heterocycles. The molecule has 0 spiro atoms. The molecule has 0 aliphatic carbocycles. The Bertz CT molecular complexity index is 599. The molecule has 0 aromatic heterocycles. The maximum Gasteiger partial charge on any atom is 0.165 e. The van der Waals surface area contributed by atoms with E-state index in [-0.39, 0.29) is 0 Å². The zero-order valence-corrected chi connectivity index (χ0v) is 13.0. The summed E-state index contributed by atoms with van der Waals surface area (Å²) in [5.41, 5.74) is 10.1. The molecule has 0 saturated carbocycles. The third-order valence-corrected chi connectivity index (χ3v) is 3.47. The van der Waals surface area contributed by atoms with Crippen molar-refractivity contribution in [1.29, 1.82) is 0 Å². The van der Waals surface area contributed by atoms with Crippen LogP contribution in [-0.4, -0.2) is 28.3 Å². The molecule has 0 saturated heterocycles. The average Bonchev–Trinajstić information content (AvgIpc) is 2.53. The minimum Gasteiger partial charge on any atom is -0.493 e. The van der Waals surface area contributed by atoms with Gasteiger partial charge in [-0.05, 0) is 23.8 Å². The van der Waals surface area contributed by atoms with E-state index in [0.717, 1.165) is 22.4 Å². The molecule has 0 aliphatic heterocycles. The number of para-hydroxylation sites is 1. The van der Waals surface area contributed by atoms with Gasteiger partial charge in [0, 0.05) is 37.5 Å². The highest BCUT2D eigenvalue weighted by Crippen LogP contribution is 2.38. The number of hydrogen-bond acceptors (Lipinski definition) is 4. The minimum absolute atomic E-state index is 0.400. The fourth-order valence-corrected chi connectivity index (χ4v) is 2.46. The fraction of sp³-hybridized carbons (Fsp3) is 0.294. The Balaban J connectivity index is 2.65. The van der Waals surface area contributed by atoms with Crippen molar-refractivity contribution in [3.05, 3.63) is 42.0 Å². The fourth-order valence-electron chi connectivity index (χ4n) is 2.46. The maximum atomic E-state index is 5.85. The SMILES string of the molecule is COc1cc(-c2ccccc2N(C)C)cc(CN)c1OC. The summed E-state index contributed by atoms with van der Waals surface area (Å²) in [6, 6.07) is 12.3. The van der Waals surface area contributed by atoms with Crippen LogP contribution in [0.15, 0.2) is 36.4 Å². The highest BCUT2D eigenvalue weighted by Gasteiger charge is 2.14. The summed E-state index contributed by atoms with van der Waals surface area (Å²) in [6.45, 7) is 0.400. The highest BCUT2D eigenvalue weighted by molar-refractivity contribution is 5.80. The van der Waals surface area contributed by atoms with E-state index in [1.165, 1.54) is 0 Å². The van der Waals surface area contributed by atoms with Crippen LogP contribution in [0, 0.1) is 0 Å². The summed E-state index contributed by atoms with van der Waals surface area (Å²) in [5.74, 6) is 1.40. The Labute approximate surface area is 126 Å². The van der Waals surface area contributed by atoms with Crippen LogP contribution >= 0.6 is 0 Å². The van der Waals surface area contributed by atoms with E-state index in [2.05, 4.69) is 23.1 Å². The molecule has 0 amide bonds. The number of ether oxygens (including phenoxy) is 2. The first-order chi connectivity index (χ1) is 10.1. The second-order valence-electron chi connectivity index (χ2n) is 4.99. The van der Waals surface area contributed by atoms with Crippen molar-refractivity contribution in [2.24, 2.45) is 5.73 Å². The number of nitrogens with zero attached hydrogens (tertiary/aromatic N) is 1. The number of hydrogen-bond donors (Lipinski definition) is 1. The van der Waals surface area contributed by atoms with Crippen molar-refractivity contribution < 1.29 is 9.47 Å². The Hall–Kier alpha value is -2.20. The van der Waals surface area contributed by atoms with E-state index in [1.54, 1.807) is 14.2 Å². The van der Waals surface area contributed by atoms with Crippen molar-refractivity contribution in [1.82, 2.24) is 0 Å². The predicted molar refractivity (Wildman–Crippen MR) is 87.2 cm³/mol. The average molecular weight is 286 g/mol. The monoisotopic (exact) mass is 286 g/mol. The van der Waals surface area contributed by atoms with Crippen molar-refractivity contribution in [2.75, 3.05) is 33.2 Å². The van der Waals surface area contributed by atoms with E-state index in [9.17, 15) is 0 Å². The van der Waals surface area contributed by atoms with Crippen LogP contribution in [0.1, 0.15) is 5.56 Å². The lowest BCUT2D eigenvalue weighted by molar-refractivity contribution is 0.352. The van der Waals surface area contributed by atoms with Crippen LogP contribution in [0.2, 0.25) is 0 Å². The third-order valence-electron chi connectivity index (χ3n) is 3.47. The first-order valence-corrected chi connectivity index (χ1v) is 6.84. The highest BCUT2D eigenvalue weighted by atomic mass is 16.5. The van der Waals surface area contributed by atoms with Gasteiger partial charge in [0.15, 0.2) is 11.5 Å². The molecule has 4 nitrogen and oxygen atoms in total. The van der Waals surface area contributed by atoms with E-state index in [0.29, 0.717) is 18.0 Å². The summed E-state index contributed by atoms with van der Waals surface area (Å²) in [6.07, 6.45) is 0. The predicted octanol–water partition coefficient (Wildman–Crippen LogP) is 2.90. The minimum atomic E-state index is 0.400. The van der Waals surface area contributed by atoms with Gasteiger partial charge >= 0.3 is 0 Å². The Morgan fingerprint density at radius 2 is 1.76 bits per heavy atom. The summed E-state index contributed by atoms with van der Waals surface area (Å²) in [5, 5.41) is 0. The van der Waals surface area contributed by atoms with Crippen LogP contribution in [-0.2, 0) is 6.54 Å². The lowest BCUT2D eigenvalue weighted by atomic mass is 9.99. The van der Waals surface area contributed by atoms with Crippen molar-refractivity contribution in [3.63, 3.8) is 0 Å². The third kappa shape index (κ3) is 2.95. The van der Waals surface area contributed by atoms with Crippen molar-refractivity contribution in [3.8, 4) is 22.6 Å². The largest absolute Gasteiger partial charge is 0.493 e. The molecule has 21 heavy (non-hydrogen) atoms. The maximum absolute atomic E-state index is 5.85. The van der Waals surface area contributed by atoms with Crippen LogP contribution in [0.25, 0.3) is 11.1 Å². The molecule has 2 rings (SSSR count). The first-order valence-electron chi connectivity index (χ1n) is 6.84. The number of rotatable bonds is 5. The van der Waals surface area contributed by atoms with Crippen molar-refractivity contribution >= 4 is 5.69 Å². The summed E-state index contributed by atoms with van der Waals surface area (Å²) in [7, 11) is 7.33. The second-order valence-corrected chi connectivity index (χ2v) is 4.99. The molecule has 0 unspecified atom stereocenters. The molecule has 4 heteroatoms. The van der Waals surface area contributed by atoms with Gasteiger partial charge in [-0.2, -0.15) is 0 Å². The standard InChI is InChI=1S/C17H22N2O2/c1-19(2)15-8-6-5-7-14(15)12-9-13(11-18)17(21-4)16(10-12)20-3/h5-10H,11,18H2,1-4H3. The number of nitrogens with two attached hydrogens (primary N) is 1. The van der Waals surface area contributed by atoms with Gasteiger partial charge in [0.2, 0.25) is 0 Å². The molecule has 0 radical (unpaired) electrons. The molecule has 2 aromatic carbocycles. The van der Waals surface area contributed by atoms with Crippen LogP contribution in [0.5, 0.6) is 11.5 Å². The molecule has 2 N–H and O–H groups in total. The second kappa shape index (κ2) is 6.50. The molecule has 0 atom stereocenters. The van der Waals surface area contributed by atoms with Gasteiger partial charge in [0.1, 0.15) is 0 Å². The van der Waals surface area contributed by atoms with Gasteiger partial charge < -0.3 is 20.1 Å². The first kappa shape index (κ1) is 15.2. The van der Waals surface area contributed by atoms with Gasteiger partial charge in [0.25, 0.3) is 0 Å². The van der Waals surface area contributed by atoms with Gasteiger partial charge in [0.05, 0.1) is 14.2 Å². The summed E-state index contributed by atoms with van der Waals surface area (Å²) >= 11 is 0. The van der Waals surface area contributed by atoms with E-state index in [1.807, 2.05) is 32.3 Å². The van der Waals surface area contributed by atoms with Gasteiger partial charge in [-0.25, -0.2) is 0 Å².